The quantitative estimate of drug-likeness (QED) is 0.792. The lowest BCUT2D eigenvalue weighted by Crippen LogP contribution is -2.29. The van der Waals surface area contributed by atoms with E-state index in [9.17, 15) is 4.79 Å². The zero-order valence-corrected chi connectivity index (χ0v) is 10.2. The Balaban J connectivity index is 2.43. The lowest BCUT2D eigenvalue weighted by atomic mass is 10.2. The van der Waals surface area contributed by atoms with Crippen molar-refractivity contribution in [1.82, 2.24) is 14.5 Å². The number of nitrogens with two attached hydrogens (primary N) is 1. The Hall–Kier alpha value is -1.36. The zero-order chi connectivity index (χ0) is 12.1. The van der Waals surface area contributed by atoms with Crippen LogP contribution < -0.4 is 5.73 Å². The largest absolute Gasteiger partial charge is 0.338 e. The van der Waals surface area contributed by atoms with E-state index >= 15 is 0 Å². The normalized spacial score (nSPS) is 12.5. The number of hydrogen-bond acceptors (Lipinski definition) is 3. The number of imidazole rings is 1. The molecule has 0 bridgehead atoms. The van der Waals surface area contributed by atoms with Gasteiger partial charge in [-0.2, -0.15) is 0 Å². The summed E-state index contributed by atoms with van der Waals surface area (Å²) in [6, 6.07) is 0.0745. The lowest BCUT2D eigenvalue weighted by Gasteiger charge is -2.17. The maximum atomic E-state index is 11.7. The van der Waals surface area contributed by atoms with Crippen LogP contribution in [0.25, 0.3) is 0 Å². The first-order chi connectivity index (χ1) is 7.50. The minimum Gasteiger partial charge on any atom is -0.338 e. The molecule has 1 amide bonds. The van der Waals surface area contributed by atoms with Gasteiger partial charge in [-0.3, -0.25) is 4.79 Å². The molecule has 2 N–H and O–H groups in total. The van der Waals surface area contributed by atoms with Crippen LogP contribution in [-0.4, -0.2) is 33.4 Å². The molecule has 90 valence electrons. The van der Waals surface area contributed by atoms with Gasteiger partial charge in [0.25, 0.3) is 0 Å². The summed E-state index contributed by atoms with van der Waals surface area (Å²) in [5.41, 5.74) is 5.61. The van der Waals surface area contributed by atoms with Crippen LogP contribution in [-0.2, 0) is 18.4 Å². The fourth-order valence-electron chi connectivity index (χ4n) is 1.39. The average molecular weight is 224 g/mol. The topological polar surface area (TPSA) is 64.2 Å². The summed E-state index contributed by atoms with van der Waals surface area (Å²) in [7, 11) is 3.71. The van der Waals surface area contributed by atoms with Crippen LogP contribution in [0.5, 0.6) is 0 Å². The molecule has 5 heteroatoms. The molecule has 1 aromatic rings. The first-order valence-electron chi connectivity index (χ1n) is 5.46. The lowest BCUT2D eigenvalue weighted by molar-refractivity contribution is -0.130. The fourth-order valence-corrected chi connectivity index (χ4v) is 1.39. The Bertz CT molecular complexity index is 346. The zero-order valence-electron chi connectivity index (χ0n) is 10.2. The van der Waals surface area contributed by atoms with Gasteiger partial charge in [0.1, 0.15) is 5.82 Å². The molecule has 1 heterocycles. The van der Waals surface area contributed by atoms with Gasteiger partial charge in [0, 0.05) is 39.0 Å². The molecular formula is C11H20N4O. The number of amides is 1. The molecule has 16 heavy (non-hydrogen) atoms. The maximum absolute atomic E-state index is 11.7. The van der Waals surface area contributed by atoms with Gasteiger partial charge in [-0.25, -0.2) is 4.98 Å². The molecule has 1 atom stereocenters. The van der Waals surface area contributed by atoms with Crippen LogP contribution in [0.4, 0.5) is 0 Å². The van der Waals surface area contributed by atoms with E-state index in [2.05, 4.69) is 4.98 Å². The summed E-state index contributed by atoms with van der Waals surface area (Å²) < 4.78 is 1.91. The molecule has 0 aromatic carbocycles. The molecule has 0 fully saturated rings. The second-order valence-corrected chi connectivity index (χ2v) is 4.22. The Morgan fingerprint density at radius 2 is 2.38 bits per heavy atom. The van der Waals surface area contributed by atoms with Crippen molar-refractivity contribution in [2.45, 2.75) is 32.4 Å². The van der Waals surface area contributed by atoms with Crippen molar-refractivity contribution >= 4 is 5.91 Å². The smallest absolute Gasteiger partial charge is 0.222 e. The van der Waals surface area contributed by atoms with E-state index < -0.39 is 0 Å². The number of carbonyl (C=O) groups is 1. The molecule has 1 rings (SSSR count). The van der Waals surface area contributed by atoms with Gasteiger partial charge in [-0.1, -0.05) is 0 Å². The Labute approximate surface area is 96.3 Å². The van der Waals surface area contributed by atoms with Crippen molar-refractivity contribution < 1.29 is 4.79 Å². The van der Waals surface area contributed by atoms with Crippen molar-refractivity contribution in [3.05, 3.63) is 18.2 Å². The van der Waals surface area contributed by atoms with Crippen LogP contribution in [0.3, 0.4) is 0 Å². The van der Waals surface area contributed by atoms with Gasteiger partial charge in [-0.15, -0.1) is 0 Å². The Morgan fingerprint density at radius 3 is 2.88 bits per heavy atom. The third-order valence-electron chi connectivity index (χ3n) is 2.54. The van der Waals surface area contributed by atoms with E-state index in [4.69, 9.17) is 5.73 Å². The molecule has 0 saturated heterocycles. The monoisotopic (exact) mass is 224 g/mol. The van der Waals surface area contributed by atoms with Gasteiger partial charge in [0.05, 0.1) is 6.54 Å². The summed E-state index contributed by atoms with van der Waals surface area (Å²) in [6.07, 6.45) is 4.83. The van der Waals surface area contributed by atoms with E-state index in [1.807, 2.05) is 24.7 Å². The number of rotatable bonds is 5. The van der Waals surface area contributed by atoms with E-state index in [1.54, 1.807) is 18.1 Å². The molecule has 0 aliphatic carbocycles. The van der Waals surface area contributed by atoms with Crippen molar-refractivity contribution in [1.29, 1.82) is 0 Å². The highest BCUT2D eigenvalue weighted by atomic mass is 16.2. The highest BCUT2D eigenvalue weighted by Crippen LogP contribution is 2.03. The van der Waals surface area contributed by atoms with Gasteiger partial charge in [-0.05, 0) is 13.3 Å². The molecular weight excluding hydrogens is 204 g/mol. The molecule has 1 unspecified atom stereocenters. The Morgan fingerprint density at radius 1 is 1.69 bits per heavy atom. The molecule has 0 aliphatic heterocycles. The second kappa shape index (κ2) is 5.65. The Kier molecular flexibility index (Phi) is 4.49. The molecule has 1 aromatic heterocycles. The van der Waals surface area contributed by atoms with Crippen LogP contribution in [0, 0.1) is 0 Å². The van der Waals surface area contributed by atoms with Crippen LogP contribution in [0.2, 0.25) is 0 Å². The maximum Gasteiger partial charge on any atom is 0.222 e. The highest BCUT2D eigenvalue weighted by molar-refractivity contribution is 5.75. The predicted molar refractivity (Wildman–Crippen MR) is 62.6 cm³/mol. The summed E-state index contributed by atoms with van der Waals surface area (Å²) in [6.45, 7) is 2.45. The van der Waals surface area contributed by atoms with Crippen LogP contribution in [0.15, 0.2) is 12.4 Å². The second-order valence-electron chi connectivity index (χ2n) is 4.22. The molecule has 0 aliphatic rings. The van der Waals surface area contributed by atoms with Gasteiger partial charge < -0.3 is 15.2 Å². The van der Waals surface area contributed by atoms with E-state index in [1.165, 1.54) is 0 Å². The number of nitrogens with zero attached hydrogens (tertiary/aromatic N) is 3. The summed E-state index contributed by atoms with van der Waals surface area (Å²) in [5, 5.41) is 0. The predicted octanol–water partition coefficient (Wildman–Crippen LogP) is 0.506. The van der Waals surface area contributed by atoms with Crippen LogP contribution in [0.1, 0.15) is 25.6 Å². The van der Waals surface area contributed by atoms with Gasteiger partial charge in [0.15, 0.2) is 0 Å². The van der Waals surface area contributed by atoms with Gasteiger partial charge in [0.2, 0.25) is 5.91 Å². The van der Waals surface area contributed by atoms with E-state index in [0.717, 1.165) is 12.2 Å². The standard InChI is InChI=1S/C11H20N4O/c1-9(12)4-5-11(16)15(3)8-10-13-6-7-14(10)2/h6-7,9H,4-5,8,12H2,1-3H3. The first kappa shape index (κ1) is 12.7. The molecule has 5 nitrogen and oxygen atoms in total. The molecule has 0 radical (unpaired) electrons. The number of aromatic nitrogens is 2. The third kappa shape index (κ3) is 3.66. The highest BCUT2D eigenvalue weighted by Gasteiger charge is 2.11. The molecule has 0 saturated carbocycles. The van der Waals surface area contributed by atoms with Crippen LogP contribution >= 0.6 is 0 Å². The fraction of sp³-hybridized carbons (Fsp3) is 0.636. The summed E-state index contributed by atoms with van der Waals surface area (Å²) >= 11 is 0. The number of carbonyl (C=O) groups excluding carboxylic acids is 1. The third-order valence-corrected chi connectivity index (χ3v) is 2.54. The number of aryl methyl sites for hydroxylation is 1. The number of hydrogen-bond donors (Lipinski definition) is 1. The van der Waals surface area contributed by atoms with Crippen molar-refractivity contribution in [2.24, 2.45) is 12.8 Å². The van der Waals surface area contributed by atoms with Crippen molar-refractivity contribution in [3.8, 4) is 0 Å². The minimum absolute atomic E-state index is 0.0745. The summed E-state index contributed by atoms with van der Waals surface area (Å²) in [5.74, 6) is 0.997. The average Bonchev–Trinajstić information content (AvgIpc) is 2.60. The van der Waals surface area contributed by atoms with E-state index in [0.29, 0.717) is 13.0 Å². The summed E-state index contributed by atoms with van der Waals surface area (Å²) in [4.78, 5) is 17.6. The SMILES string of the molecule is CC(N)CCC(=O)N(C)Cc1nccn1C. The van der Waals surface area contributed by atoms with Gasteiger partial charge >= 0.3 is 0 Å². The molecule has 0 spiro atoms. The van der Waals surface area contributed by atoms with Crippen molar-refractivity contribution in [3.63, 3.8) is 0 Å². The van der Waals surface area contributed by atoms with E-state index in [-0.39, 0.29) is 11.9 Å². The first-order valence-corrected chi connectivity index (χ1v) is 5.46. The van der Waals surface area contributed by atoms with Crippen molar-refractivity contribution in [2.75, 3.05) is 7.05 Å². The minimum atomic E-state index is 0.0745.